The van der Waals surface area contributed by atoms with E-state index in [-0.39, 0.29) is 29.6 Å². The number of aryl methyl sites for hydroxylation is 1. The molecule has 3 aromatic heterocycles. The van der Waals surface area contributed by atoms with E-state index in [1.54, 1.807) is 17.5 Å². The fraction of sp³-hybridized carbons (Fsp3) is 0.167. The summed E-state index contributed by atoms with van der Waals surface area (Å²) in [7, 11) is -1.18. The van der Waals surface area contributed by atoms with E-state index < -0.39 is 10.8 Å². The molecule has 0 bridgehead atoms. The second kappa shape index (κ2) is 6.28. The van der Waals surface area contributed by atoms with Gasteiger partial charge < -0.3 is 4.98 Å². The number of fused-ring (bicyclic) bond motifs is 1. The molecular weight excluding hydrogens is 289 g/mol. The van der Waals surface area contributed by atoms with Gasteiger partial charge in [-0.3, -0.25) is 9.19 Å². The quantitative estimate of drug-likeness (QED) is 0.755. The number of rotatable bonds is 3. The fourth-order valence-electron chi connectivity index (χ4n) is 1.62. The van der Waals surface area contributed by atoms with Crippen LogP contribution >= 0.6 is 11.3 Å². The first-order valence-electron chi connectivity index (χ1n) is 5.44. The molecule has 93 valence electrons. The number of hydrogen-bond donors (Lipinski definition) is 1. The van der Waals surface area contributed by atoms with Gasteiger partial charge in [0.2, 0.25) is 0 Å². The van der Waals surface area contributed by atoms with Crippen LogP contribution in [0.25, 0.3) is 11.0 Å². The van der Waals surface area contributed by atoms with Crippen LogP contribution in [0.5, 0.6) is 0 Å². The predicted octanol–water partition coefficient (Wildman–Crippen LogP) is 2.25. The Morgan fingerprint density at radius 2 is 2.21 bits per heavy atom. The maximum atomic E-state index is 12.1. The van der Waals surface area contributed by atoms with Gasteiger partial charge in [-0.25, -0.2) is 4.98 Å². The van der Waals surface area contributed by atoms with Crippen LogP contribution in [0.2, 0.25) is 0 Å². The van der Waals surface area contributed by atoms with Gasteiger partial charge in [-0.2, -0.15) is 0 Å². The second-order valence-corrected chi connectivity index (χ2v) is 6.14. The van der Waals surface area contributed by atoms with Crippen molar-refractivity contribution in [3.05, 3.63) is 40.3 Å². The number of imidazole rings is 1. The molecule has 0 fully saturated rings. The molecule has 0 aliphatic carbocycles. The van der Waals surface area contributed by atoms with Crippen LogP contribution in [0.1, 0.15) is 11.3 Å². The Morgan fingerprint density at radius 3 is 2.89 bits per heavy atom. The summed E-state index contributed by atoms with van der Waals surface area (Å²) in [5, 5.41) is 4.43. The first kappa shape index (κ1) is 14.9. The standard InChI is InChI=1S/C12H11N3OS2.Na/c1-8-2-3-9(13-4-8)7-18(16)12-14-10-5-17-6-11(10)15-12;/h2-6H,7H2,1H3,(H,14,15);. The summed E-state index contributed by atoms with van der Waals surface area (Å²) in [6, 6.07) is 3.87. The molecule has 19 heavy (non-hydrogen) atoms. The van der Waals surface area contributed by atoms with Gasteiger partial charge in [0.1, 0.15) is 5.52 Å². The van der Waals surface area contributed by atoms with E-state index in [9.17, 15) is 4.21 Å². The number of aromatic amines is 1. The van der Waals surface area contributed by atoms with E-state index in [0.29, 0.717) is 10.9 Å². The Hall–Kier alpha value is -0.530. The molecule has 1 unspecified atom stereocenters. The molecule has 3 rings (SSSR count). The van der Waals surface area contributed by atoms with Gasteiger partial charge >= 0.3 is 0 Å². The van der Waals surface area contributed by atoms with Crippen LogP contribution in [-0.4, -0.2) is 48.7 Å². The maximum Gasteiger partial charge on any atom is 0.197 e. The van der Waals surface area contributed by atoms with E-state index in [2.05, 4.69) is 15.0 Å². The van der Waals surface area contributed by atoms with Crippen molar-refractivity contribution in [2.45, 2.75) is 17.8 Å². The number of thiophene rings is 1. The Kier molecular flexibility index (Phi) is 4.92. The minimum absolute atomic E-state index is 0. The molecule has 3 aromatic rings. The minimum Gasteiger partial charge on any atom is -0.330 e. The molecule has 1 radical (unpaired) electrons. The van der Waals surface area contributed by atoms with Crippen LogP contribution in [0.3, 0.4) is 0 Å². The molecule has 0 aliphatic heterocycles. The zero-order valence-electron chi connectivity index (χ0n) is 10.7. The first-order chi connectivity index (χ1) is 8.72. The Bertz CT molecular complexity index is 677. The van der Waals surface area contributed by atoms with Crippen molar-refractivity contribution < 1.29 is 4.21 Å². The predicted molar refractivity (Wildman–Crippen MR) is 78.8 cm³/mol. The summed E-state index contributed by atoms with van der Waals surface area (Å²) in [4.78, 5) is 11.6. The SMILES string of the molecule is Cc1ccc(CS(=O)c2nc3cscc3[nH]2)nc1.[Na]. The van der Waals surface area contributed by atoms with Crippen molar-refractivity contribution in [2.75, 3.05) is 0 Å². The van der Waals surface area contributed by atoms with E-state index in [4.69, 9.17) is 0 Å². The van der Waals surface area contributed by atoms with Crippen molar-refractivity contribution in [1.82, 2.24) is 15.0 Å². The van der Waals surface area contributed by atoms with E-state index >= 15 is 0 Å². The summed E-state index contributed by atoms with van der Waals surface area (Å²) >= 11 is 1.58. The molecule has 0 aliphatic rings. The monoisotopic (exact) mass is 300 g/mol. The largest absolute Gasteiger partial charge is 0.330 e. The van der Waals surface area contributed by atoms with Crippen molar-refractivity contribution in [2.24, 2.45) is 0 Å². The first-order valence-corrected chi connectivity index (χ1v) is 7.70. The van der Waals surface area contributed by atoms with Crippen LogP contribution in [0.15, 0.2) is 34.2 Å². The van der Waals surface area contributed by atoms with E-state index in [1.165, 1.54) is 0 Å². The average Bonchev–Trinajstić information content (AvgIpc) is 2.92. The van der Waals surface area contributed by atoms with Crippen LogP contribution < -0.4 is 0 Å². The fourth-order valence-corrected chi connectivity index (χ4v) is 3.31. The van der Waals surface area contributed by atoms with E-state index in [0.717, 1.165) is 22.3 Å². The average molecular weight is 300 g/mol. The number of H-pyrrole nitrogens is 1. The summed E-state index contributed by atoms with van der Waals surface area (Å²) in [5.41, 5.74) is 3.74. The van der Waals surface area contributed by atoms with Gasteiger partial charge in [0.25, 0.3) is 0 Å². The number of nitrogens with one attached hydrogen (secondary N) is 1. The molecule has 0 saturated heterocycles. The molecule has 1 atom stereocenters. The van der Waals surface area contributed by atoms with Gasteiger partial charge in [-0.05, 0) is 18.6 Å². The maximum absolute atomic E-state index is 12.1. The van der Waals surface area contributed by atoms with Crippen LogP contribution in [0.4, 0.5) is 0 Å². The minimum atomic E-state index is -1.18. The summed E-state index contributed by atoms with van der Waals surface area (Å²) < 4.78 is 12.1. The smallest absolute Gasteiger partial charge is 0.197 e. The summed E-state index contributed by atoms with van der Waals surface area (Å²) in [6.07, 6.45) is 1.78. The molecule has 3 heterocycles. The van der Waals surface area contributed by atoms with Crippen LogP contribution in [0, 0.1) is 6.92 Å². The molecule has 1 N–H and O–H groups in total. The van der Waals surface area contributed by atoms with Crippen molar-refractivity contribution in [3.8, 4) is 0 Å². The molecule has 0 saturated carbocycles. The third-order valence-electron chi connectivity index (χ3n) is 2.57. The normalized spacial score (nSPS) is 12.3. The molecule has 0 aromatic carbocycles. The number of nitrogens with zero attached hydrogens (tertiary/aromatic N) is 2. The third kappa shape index (κ3) is 3.32. The number of aromatic nitrogens is 3. The third-order valence-corrected chi connectivity index (χ3v) is 4.49. The molecular formula is C12H11N3NaOS2. The Labute approximate surface area is 139 Å². The zero-order valence-corrected chi connectivity index (χ0v) is 14.3. The van der Waals surface area contributed by atoms with Gasteiger partial charge in [0.05, 0.1) is 27.8 Å². The number of pyridine rings is 1. The summed E-state index contributed by atoms with van der Waals surface area (Å²) in [6.45, 7) is 1.98. The van der Waals surface area contributed by atoms with E-state index in [1.807, 2.05) is 29.8 Å². The second-order valence-electron chi connectivity index (χ2n) is 4.03. The van der Waals surface area contributed by atoms with Gasteiger partial charge in [-0.15, -0.1) is 11.3 Å². The molecule has 4 nitrogen and oxygen atoms in total. The zero-order chi connectivity index (χ0) is 12.5. The molecule has 0 spiro atoms. The van der Waals surface area contributed by atoms with Crippen molar-refractivity contribution >= 4 is 62.7 Å². The summed E-state index contributed by atoms with van der Waals surface area (Å²) in [5.74, 6) is 0.389. The molecule has 7 heteroatoms. The topological polar surface area (TPSA) is 58.6 Å². The van der Waals surface area contributed by atoms with Gasteiger partial charge in [0, 0.05) is 46.5 Å². The number of hydrogen-bond acceptors (Lipinski definition) is 4. The van der Waals surface area contributed by atoms with Crippen molar-refractivity contribution in [1.29, 1.82) is 0 Å². The van der Waals surface area contributed by atoms with Crippen LogP contribution in [-0.2, 0) is 16.6 Å². The van der Waals surface area contributed by atoms with Gasteiger partial charge in [-0.1, -0.05) is 6.07 Å². The Balaban J connectivity index is 0.00000133. The Morgan fingerprint density at radius 1 is 1.37 bits per heavy atom. The van der Waals surface area contributed by atoms with Crippen molar-refractivity contribution in [3.63, 3.8) is 0 Å². The van der Waals surface area contributed by atoms with Gasteiger partial charge in [0.15, 0.2) is 5.16 Å². The molecule has 0 amide bonds.